The Morgan fingerprint density at radius 1 is 0.909 bits per heavy atom. The highest BCUT2D eigenvalue weighted by molar-refractivity contribution is 7.92. The molecule has 0 saturated heterocycles. The van der Waals surface area contributed by atoms with Gasteiger partial charge in [-0.05, 0) is 66.4 Å². The Balaban J connectivity index is 1.81. The molecule has 0 spiro atoms. The van der Waals surface area contributed by atoms with Crippen LogP contribution in [-0.4, -0.2) is 33.8 Å². The number of hydrogen-bond donors (Lipinski definition) is 0. The third-order valence-corrected chi connectivity index (χ3v) is 10.3. The summed E-state index contributed by atoms with van der Waals surface area (Å²) < 4.78 is 136. The second-order valence-electron chi connectivity index (χ2n) is 10.2. The van der Waals surface area contributed by atoms with Crippen molar-refractivity contribution < 1.29 is 53.4 Å². The predicted molar refractivity (Wildman–Crippen MR) is 141 cm³/mol. The molecule has 44 heavy (non-hydrogen) atoms. The van der Waals surface area contributed by atoms with Crippen LogP contribution in [0.1, 0.15) is 58.3 Å². The molecule has 1 aliphatic rings. The lowest BCUT2D eigenvalue weighted by Gasteiger charge is -2.38. The maximum Gasteiger partial charge on any atom is 0.430 e. The number of methoxy groups -OCH3 is 1. The Labute approximate surface area is 247 Å². The number of hydrogen-bond acceptors (Lipinski definition) is 6. The monoisotopic (exact) mass is 643 g/mol. The van der Waals surface area contributed by atoms with E-state index in [1.165, 1.54) is 0 Å². The van der Waals surface area contributed by atoms with Crippen LogP contribution in [0.3, 0.4) is 0 Å². The Kier molecular flexibility index (Phi) is 8.87. The Bertz CT molecular complexity index is 1660. The molecular formula is C30H24F7NO5S. The molecule has 0 atom stereocenters. The van der Waals surface area contributed by atoms with Crippen LogP contribution in [0, 0.1) is 17.1 Å². The van der Waals surface area contributed by atoms with E-state index >= 15 is 0 Å². The van der Waals surface area contributed by atoms with E-state index in [-0.39, 0.29) is 34.4 Å². The number of benzene rings is 3. The molecule has 0 N–H and O–H groups in total. The molecule has 1 saturated carbocycles. The number of rotatable bonds is 8. The first kappa shape index (κ1) is 32.9. The van der Waals surface area contributed by atoms with Gasteiger partial charge in [0.15, 0.2) is 9.84 Å². The summed E-state index contributed by atoms with van der Waals surface area (Å²) in [6.07, 6.45) is -11.2. The van der Waals surface area contributed by atoms with Crippen LogP contribution in [0.5, 0.6) is 0 Å². The van der Waals surface area contributed by atoms with Crippen LogP contribution in [0.4, 0.5) is 30.7 Å². The molecule has 3 aromatic carbocycles. The first-order valence-corrected chi connectivity index (χ1v) is 14.5. The molecule has 1 fully saturated rings. The van der Waals surface area contributed by atoms with Crippen LogP contribution in [0.2, 0.25) is 0 Å². The van der Waals surface area contributed by atoms with Crippen molar-refractivity contribution in [3.05, 3.63) is 100 Å². The first-order chi connectivity index (χ1) is 20.5. The summed E-state index contributed by atoms with van der Waals surface area (Å²) in [5.74, 6) is -1.64. The fraction of sp³-hybridized carbons (Fsp3) is 0.333. The van der Waals surface area contributed by atoms with Gasteiger partial charge in [0, 0.05) is 5.56 Å². The molecule has 3 aromatic rings. The number of ether oxygens (including phenoxy) is 2. The number of carbonyl (C=O) groups excluding carboxylic acids is 1. The number of esters is 1. The fourth-order valence-electron chi connectivity index (χ4n) is 5.49. The van der Waals surface area contributed by atoms with Crippen LogP contribution >= 0.6 is 0 Å². The molecule has 0 aliphatic heterocycles. The lowest BCUT2D eigenvalue weighted by molar-refractivity contribution is -0.392. The molecule has 0 bridgehead atoms. The minimum Gasteiger partial charge on any atom is -0.465 e. The summed E-state index contributed by atoms with van der Waals surface area (Å²) in [7, 11) is -3.24. The van der Waals surface area contributed by atoms with Gasteiger partial charge >= 0.3 is 18.3 Å². The highest BCUT2D eigenvalue weighted by Gasteiger charge is 2.73. The molecule has 4 rings (SSSR count). The lowest BCUT2D eigenvalue weighted by atomic mass is 9.88. The quantitative estimate of drug-likeness (QED) is 0.146. The van der Waals surface area contributed by atoms with Crippen molar-refractivity contribution in [1.82, 2.24) is 0 Å². The minimum atomic E-state index is -6.08. The van der Waals surface area contributed by atoms with Crippen LogP contribution < -0.4 is 0 Å². The molecule has 234 valence electrons. The van der Waals surface area contributed by atoms with E-state index in [4.69, 9.17) is 0 Å². The SMILES string of the molecule is COC(=O)c1ccc(C#N)c(COC(c2ccc(C3(S(=O)(=O)c4ccc(F)cc4)CCCC3)cc2)(C(F)(F)F)C(F)(F)F)c1. The summed E-state index contributed by atoms with van der Waals surface area (Å²) in [6, 6.07) is 11.5. The van der Waals surface area contributed by atoms with Crippen molar-refractivity contribution >= 4 is 15.8 Å². The van der Waals surface area contributed by atoms with Crippen LogP contribution in [0.25, 0.3) is 0 Å². The molecule has 0 aromatic heterocycles. The zero-order valence-electron chi connectivity index (χ0n) is 22.9. The number of nitrogens with zero attached hydrogens (tertiary/aromatic N) is 1. The molecule has 0 unspecified atom stereocenters. The highest BCUT2D eigenvalue weighted by Crippen LogP contribution is 2.54. The molecule has 0 radical (unpaired) electrons. The van der Waals surface area contributed by atoms with E-state index in [0.717, 1.165) is 61.7 Å². The number of carbonyl (C=O) groups is 1. The van der Waals surface area contributed by atoms with Crippen molar-refractivity contribution in [2.45, 2.75) is 59.9 Å². The van der Waals surface area contributed by atoms with Gasteiger partial charge in [-0.2, -0.15) is 31.6 Å². The van der Waals surface area contributed by atoms with E-state index in [9.17, 15) is 49.2 Å². The van der Waals surface area contributed by atoms with Crippen molar-refractivity contribution in [2.24, 2.45) is 0 Å². The number of alkyl halides is 6. The molecule has 14 heteroatoms. The average Bonchev–Trinajstić information content (AvgIpc) is 3.48. The fourth-order valence-corrected chi connectivity index (χ4v) is 7.71. The summed E-state index contributed by atoms with van der Waals surface area (Å²) in [4.78, 5) is 11.6. The van der Waals surface area contributed by atoms with Crippen molar-refractivity contribution in [1.29, 1.82) is 5.26 Å². The topological polar surface area (TPSA) is 93.5 Å². The van der Waals surface area contributed by atoms with Gasteiger partial charge in [-0.3, -0.25) is 0 Å². The second-order valence-corrected chi connectivity index (χ2v) is 12.4. The summed E-state index contributed by atoms with van der Waals surface area (Å²) in [6.45, 7) is -1.38. The molecule has 0 amide bonds. The zero-order valence-corrected chi connectivity index (χ0v) is 23.7. The molecule has 1 aliphatic carbocycles. The maximum atomic E-state index is 14.5. The minimum absolute atomic E-state index is 0.0288. The number of halogens is 7. The largest absolute Gasteiger partial charge is 0.465 e. The van der Waals surface area contributed by atoms with Crippen molar-refractivity contribution in [3.63, 3.8) is 0 Å². The number of nitriles is 1. The van der Waals surface area contributed by atoms with Gasteiger partial charge in [0.1, 0.15) is 10.6 Å². The van der Waals surface area contributed by atoms with Gasteiger partial charge in [0.25, 0.3) is 5.60 Å². The standard InChI is InChI=1S/C30H24F7NO5S/c1-42-26(39)19-4-5-20(17-38)21(16-19)18-43-28(29(32,33)34,30(35,36)37)23-8-6-22(7-9-23)27(14-2-3-15-27)44(40,41)25-12-10-24(31)11-13-25/h4-13,16H,2-3,14-15,18H2,1H3. The highest BCUT2D eigenvalue weighted by atomic mass is 32.2. The summed E-state index contributed by atoms with van der Waals surface area (Å²) >= 11 is 0. The van der Waals surface area contributed by atoms with Gasteiger partial charge in [0.2, 0.25) is 0 Å². The third kappa shape index (κ3) is 5.54. The van der Waals surface area contributed by atoms with E-state index in [2.05, 4.69) is 9.47 Å². The van der Waals surface area contributed by atoms with E-state index in [1.54, 1.807) is 6.07 Å². The predicted octanol–water partition coefficient (Wildman–Crippen LogP) is 7.26. The normalized spacial score (nSPS) is 15.5. The first-order valence-electron chi connectivity index (χ1n) is 13.0. The van der Waals surface area contributed by atoms with Gasteiger partial charge < -0.3 is 9.47 Å². The van der Waals surface area contributed by atoms with Gasteiger partial charge in [-0.25, -0.2) is 17.6 Å². The second kappa shape index (κ2) is 11.9. The summed E-state index contributed by atoms with van der Waals surface area (Å²) in [5, 5.41) is 9.36. The lowest BCUT2D eigenvalue weighted by Crippen LogP contribution is -2.55. The van der Waals surface area contributed by atoms with Gasteiger partial charge in [-0.15, -0.1) is 0 Å². The van der Waals surface area contributed by atoms with E-state index in [0.29, 0.717) is 25.0 Å². The van der Waals surface area contributed by atoms with Crippen LogP contribution in [0.15, 0.2) is 71.6 Å². The van der Waals surface area contributed by atoms with Gasteiger partial charge in [-0.1, -0.05) is 37.1 Å². The van der Waals surface area contributed by atoms with Crippen molar-refractivity contribution in [3.8, 4) is 6.07 Å². The zero-order chi connectivity index (χ0) is 32.6. The molecular weight excluding hydrogens is 619 g/mol. The smallest absolute Gasteiger partial charge is 0.430 e. The van der Waals surface area contributed by atoms with E-state index in [1.807, 2.05) is 0 Å². The number of sulfone groups is 1. The van der Waals surface area contributed by atoms with Gasteiger partial charge in [0.05, 0.1) is 35.8 Å². The summed E-state index contributed by atoms with van der Waals surface area (Å²) in [5.41, 5.74) is -7.30. The Hall–Kier alpha value is -3.96. The van der Waals surface area contributed by atoms with E-state index < -0.39 is 62.1 Å². The maximum absolute atomic E-state index is 14.5. The molecule has 6 nitrogen and oxygen atoms in total. The average molecular weight is 644 g/mol. The molecule has 0 heterocycles. The Morgan fingerprint density at radius 2 is 1.48 bits per heavy atom. The van der Waals surface area contributed by atoms with Crippen LogP contribution in [-0.2, 0) is 36.3 Å². The third-order valence-electron chi connectivity index (χ3n) is 7.76. The Morgan fingerprint density at radius 3 is 1.98 bits per heavy atom. The van der Waals surface area contributed by atoms with Crippen molar-refractivity contribution in [2.75, 3.05) is 7.11 Å².